The van der Waals surface area contributed by atoms with Crippen molar-refractivity contribution in [3.63, 3.8) is 0 Å². The van der Waals surface area contributed by atoms with Gasteiger partial charge in [-0.15, -0.1) is 13.2 Å². The number of nitrogens with zero attached hydrogens (tertiary/aromatic N) is 4. The first kappa shape index (κ1) is 32.5. The summed E-state index contributed by atoms with van der Waals surface area (Å²) in [6.45, 7) is 1.90. The summed E-state index contributed by atoms with van der Waals surface area (Å²) in [6.07, 6.45) is -1.79. The maximum absolute atomic E-state index is 13.7. The van der Waals surface area contributed by atoms with Crippen molar-refractivity contribution >= 4 is 33.5 Å². The molecule has 0 radical (unpaired) electrons. The van der Waals surface area contributed by atoms with Crippen LogP contribution in [-0.4, -0.2) is 73.7 Å². The van der Waals surface area contributed by atoms with Crippen molar-refractivity contribution in [2.24, 2.45) is 0 Å². The minimum Gasteiger partial charge on any atom is -0.464 e. The van der Waals surface area contributed by atoms with Crippen molar-refractivity contribution in [2.75, 3.05) is 37.4 Å². The minimum atomic E-state index is -4.95. The smallest absolute Gasteiger partial charge is 0.464 e. The number of alkyl halides is 3. The highest BCUT2D eigenvalue weighted by atomic mass is 32.2. The third-order valence-corrected chi connectivity index (χ3v) is 8.74. The fourth-order valence-electron chi connectivity index (χ4n) is 4.64. The highest BCUT2D eigenvalue weighted by Crippen LogP contribution is 2.28. The molecule has 1 saturated heterocycles. The van der Waals surface area contributed by atoms with Crippen molar-refractivity contribution in [1.82, 2.24) is 19.6 Å². The Morgan fingerprint density at radius 3 is 2.32 bits per heavy atom. The van der Waals surface area contributed by atoms with Crippen molar-refractivity contribution in [3.05, 3.63) is 71.5 Å². The number of piperazine rings is 1. The second kappa shape index (κ2) is 13.5. The summed E-state index contributed by atoms with van der Waals surface area (Å²) in [5, 5.41) is 2.78. The molecule has 1 aliphatic rings. The average molecular weight is 637 g/mol. The molecule has 0 aliphatic carbocycles. The van der Waals surface area contributed by atoms with Crippen LogP contribution in [0.4, 0.5) is 24.8 Å². The van der Waals surface area contributed by atoms with Gasteiger partial charge in [-0.25, -0.2) is 23.2 Å². The van der Waals surface area contributed by atoms with Crippen LogP contribution in [-0.2, 0) is 32.5 Å². The molecule has 0 spiro atoms. The molecule has 2 heterocycles. The number of anilines is 2. The molecule has 0 unspecified atom stereocenters. The van der Waals surface area contributed by atoms with Gasteiger partial charge in [-0.3, -0.25) is 4.79 Å². The van der Waals surface area contributed by atoms with Gasteiger partial charge in [0.1, 0.15) is 17.6 Å². The molecule has 3 N–H and O–H groups in total. The largest absolute Gasteiger partial charge is 0.573 e. The maximum Gasteiger partial charge on any atom is 0.573 e. The van der Waals surface area contributed by atoms with E-state index in [1.165, 1.54) is 6.20 Å². The van der Waals surface area contributed by atoms with E-state index in [1.807, 2.05) is 24.3 Å². The van der Waals surface area contributed by atoms with E-state index in [-0.39, 0.29) is 48.4 Å². The molecule has 2 aromatic carbocycles. The van der Waals surface area contributed by atoms with Crippen LogP contribution in [0, 0.1) is 0 Å². The Balaban J connectivity index is 1.59. The second-order valence-electron chi connectivity index (χ2n) is 9.83. The fraction of sp³-hybridized carbons (Fsp3) is 0.357. The Hall–Kier alpha value is -4.44. The molecule has 4 rings (SSSR count). The van der Waals surface area contributed by atoms with Crippen molar-refractivity contribution in [3.8, 4) is 5.75 Å². The molecule has 1 fully saturated rings. The lowest BCUT2D eigenvalue weighted by molar-refractivity contribution is -0.274. The quantitative estimate of drug-likeness (QED) is 0.317. The number of nitrogens with two attached hydrogens (primary N) is 1. The normalized spacial score (nSPS) is 15.9. The lowest BCUT2D eigenvalue weighted by Crippen LogP contribution is -2.60. The van der Waals surface area contributed by atoms with Crippen LogP contribution < -0.4 is 20.7 Å². The fourth-order valence-corrected chi connectivity index (χ4v) is 6.21. The molecule has 236 valence electrons. The number of nitrogen functional groups attached to an aromatic ring is 1. The zero-order valence-corrected chi connectivity index (χ0v) is 24.7. The highest BCUT2D eigenvalue weighted by molar-refractivity contribution is 7.89. The van der Waals surface area contributed by atoms with E-state index < -0.39 is 40.1 Å². The summed E-state index contributed by atoms with van der Waals surface area (Å²) in [5.74, 6) is -2.00. The summed E-state index contributed by atoms with van der Waals surface area (Å²) >= 11 is 0. The van der Waals surface area contributed by atoms with E-state index in [0.717, 1.165) is 59.6 Å². The van der Waals surface area contributed by atoms with Gasteiger partial charge in [-0.05, 0) is 41.8 Å². The number of carbonyl (C=O) groups is 2. The highest BCUT2D eigenvalue weighted by Gasteiger charge is 2.41. The number of hydrogen-bond donors (Lipinski definition) is 2. The molecular formula is C28H31F3N6O6S. The standard InChI is InChI=1S/C28H31F3N6O6S/c1-3-4-18-5-7-19(8-6-18)15-34-26(38)22-17-36(23-16-33-24(25(32)35-23)27(39)42-2)13-14-37(22)44(40,41)21-11-9-20(10-12-21)43-28(29,30)31/h5-12,16,22H,3-4,13-15,17H2,1-2H3,(H2,32,35)(H,34,38)/t22-/m1/s1. The Morgan fingerprint density at radius 1 is 1.07 bits per heavy atom. The number of ether oxygens (including phenoxy) is 2. The first-order valence-corrected chi connectivity index (χ1v) is 15.0. The Kier molecular flexibility index (Phi) is 9.94. The zero-order chi connectivity index (χ0) is 32.1. The minimum absolute atomic E-state index is 0.0584. The average Bonchev–Trinajstić information content (AvgIpc) is 2.99. The number of methoxy groups -OCH3 is 1. The number of carbonyl (C=O) groups excluding carboxylic acids is 2. The Morgan fingerprint density at radius 2 is 1.73 bits per heavy atom. The third-order valence-electron chi connectivity index (χ3n) is 6.82. The van der Waals surface area contributed by atoms with Gasteiger partial charge in [0.2, 0.25) is 15.9 Å². The van der Waals surface area contributed by atoms with E-state index >= 15 is 0 Å². The van der Waals surface area contributed by atoms with Crippen molar-refractivity contribution < 1.29 is 40.7 Å². The van der Waals surface area contributed by atoms with Crippen LogP contribution >= 0.6 is 0 Å². The number of benzene rings is 2. The van der Waals surface area contributed by atoms with E-state index in [9.17, 15) is 31.2 Å². The van der Waals surface area contributed by atoms with E-state index in [2.05, 4.69) is 31.7 Å². The number of esters is 1. The van der Waals surface area contributed by atoms with Gasteiger partial charge < -0.3 is 25.4 Å². The predicted molar refractivity (Wildman–Crippen MR) is 153 cm³/mol. The van der Waals surface area contributed by atoms with Crippen molar-refractivity contribution in [2.45, 2.75) is 43.6 Å². The van der Waals surface area contributed by atoms with Crippen LogP contribution in [0.1, 0.15) is 35.0 Å². The first-order chi connectivity index (χ1) is 20.8. The van der Waals surface area contributed by atoms with Crippen LogP contribution in [0.25, 0.3) is 0 Å². The maximum atomic E-state index is 13.7. The molecule has 0 saturated carbocycles. The molecule has 1 amide bonds. The van der Waals surface area contributed by atoms with Gasteiger partial charge in [-0.1, -0.05) is 37.6 Å². The summed E-state index contributed by atoms with van der Waals surface area (Å²) in [5.41, 5.74) is 7.65. The van der Waals surface area contributed by atoms with Crippen LogP contribution in [0.15, 0.2) is 59.6 Å². The van der Waals surface area contributed by atoms with Gasteiger partial charge in [-0.2, -0.15) is 4.31 Å². The van der Waals surface area contributed by atoms with Gasteiger partial charge >= 0.3 is 12.3 Å². The summed E-state index contributed by atoms with van der Waals surface area (Å²) in [6, 6.07) is 10.1. The number of hydrogen-bond acceptors (Lipinski definition) is 10. The molecular weight excluding hydrogens is 605 g/mol. The monoisotopic (exact) mass is 636 g/mol. The van der Waals surface area contributed by atoms with E-state index in [0.29, 0.717) is 0 Å². The lowest BCUT2D eigenvalue weighted by Gasteiger charge is -2.40. The summed E-state index contributed by atoms with van der Waals surface area (Å²) in [4.78, 5) is 34.9. The molecule has 0 bridgehead atoms. The van der Waals surface area contributed by atoms with Gasteiger partial charge in [0.05, 0.1) is 18.2 Å². The Bertz CT molecular complexity index is 1590. The second-order valence-corrected chi connectivity index (χ2v) is 11.7. The summed E-state index contributed by atoms with van der Waals surface area (Å²) < 4.78 is 74.6. The number of amides is 1. The number of sulfonamides is 1. The molecule has 44 heavy (non-hydrogen) atoms. The first-order valence-electron chi connectivity index (χ1n) is 13.5. The van der Waals surface area contributed by atoms with Crippen molar-refractivity contribution in [1.29, 1.82) is 0 Å². The predicted octanol–water partition coefficient (Wildman–Crippen LogP) is 2.89. The Labute approximate surface area is 252 Å². The molecule has 1 aliphatic heterocycles. The number of nitrogens with one attached hydrogen (secondary N) is 1. The van der Waals surface area contributed by atoms with Crippen LogP contribution in [0.2, 0.25) is 0 Å². The summed E-state index contributed by atoms with van der Waals surface area (Å²) in [7, 11) is -3.20. The van der Waals surface area contributed by atoms with E-state index in [1.54, 1.807) is 4.90 Å². The SMILES string of the molecule is CCCc1ccc(CNC(=O)[C@H]2CN(c3cnc(C(=O)OC)c(N)n3)CCN2S(=O)(=O)c2ccc(OC(F)(F)F)cc2)cc1. The van der Waals surface area contributed by atoms with Gasteiger partial charge in [0, 0.05) is 26.2 Å². The number of halogens is 3. The molecule has 16 heteroatoms. The topological polar surface area (TPSA) is 157 Å². The lowest BCUT2D eigenvalue weighted by atomic mass is 10.1. The molecule has 1 atom stereocenters. The molecule has 12 nitrogen and oxygen atoms in total. The van der Waals surface area contributed by atoms with Crippen LogP contribution in [0.3, 0.4) is 0 Å². The zero-order valence-electron chi connectivity index (χ0n) is 23.9. The molecule has 3 aromatic rings. The van der Waals surface area contributed by atoms with Gasteiger partial charge in [0.15, 0.2) is 11.5 Å². The molecule has 1 aromatic heterocycles. The number of aromatic nitrogens is 2. The van der Waals surface area contributed by atoms with E-state index in [4.69, 9.17) is 5.73 Å². The van der Waals surface area contributed by atoms with Gasteiger partial charge in [0.25, 0.3) is 0 Å². The van der Waals surface area contributed by atoms with Crippen LogP contribution in [0.5, 0.6) is 5.75 Å². The number of aryl methyl sites for hydroxylation is 1. The number of rotatable bonds is 10. The third kappa shape index (κ3) is 7.74.